The number of ether oxygens (including phenoxy) is 1. The quantitative estimate of drug-likeness (QED) is 0.402. The van der Waals surface area contributed by atoms with Gasteiger partial charge >= 0.3 is 0 Å². The lowest BCUT2D eigenvalue weighted by Crippen LogP contribution is -2.17. The van der Waals surface area contributed by atoms with Crippen LogP contribution in [-0.4, -0.2) is 32.2 Å². The Morgan fingerprint density at radius 2 is 2.00 bits per heavy atom. The first kappa shape index (κ1) is 21.4. The summed E-state index contributed by atoms with van der Waals surface area (Å²) < 4.78 is 35.9. The number of hydrogen-bond donors (Lipinski definition) is 1. The number of carbonyl (C=O) groups is 1. The van der Waals surface area contributed by atoms with Crippen LogP contribution in [0.2, 0.25) is 5.02 Å². The predicted molar refractivity (Wildman–Crippen MR) is 121 cm³/mol. The van der Waals surface area contributed by atoms with Crippen LogP contribution in [0, 0.1) is 0 Å². The lowest BCUT2D eigenvalue weighted by Gasteiger charge is -2.05. The van der Waals surface area contributed by atoms with Crippen LogP contribution in [0.4, 0.5) is 5.13 Å². The second-order valence-electron chi connectivity index (χ2n) is 6.60. The molecule has 0 saturated carbocycles. The highest BCUT2D eigenvalue weighted by Gasteiger charge is 2.18. The van der Waals surface area contributed by atoms with E-state index in [2.05, 4.69) is 10.3 Å². The molecule has 160 valence electrons. The number of amides is 1. The van der Waals surface area contributed by atoms with Gasteiger partial charge in [0.1, 0.15) is 5.69 Å². The Morgan fingerprint density at radius 1 is 1.23 bits per heavy atom. The van der Waals surface area contributed by atoms with Crippen molar-refractivity contribution >= 4 is 54.8 Å². The zero-order valence-electron chi connectivity index (χ0n) is 16.3. The molecule has 0 aliphatic rings. The number of carbonyl (C=O) groups excluding carboxylic acids is 1. The van der Waals surface area contributed by atoms with Crippen LogP contribution in [0.5, 0.6) is 5.75 Å². The molecule has 2 aromatic carbocycles. The van der Waals surface area contributed by atoms with Gasteiger partial charge in [0.15, 0.2) is 32.1 Å². The number of hydrogen-bond acceptors (Lipinski definition) is 7. The molecule has 1 amide bonds. The Hall–Kier alpha value is -2.88. The van der Waals surface area contributed by atoms with Crippen molar-refractivity contribution in [1.82, 2.24) is 4.98 Å². The topological polar surface area (TPSA) is 98.5 Å². The van der Waals surface area contributed by atoms with Crippen molar-refractivity contribution in [2.45, 2.75) is 11.3 Å². The van der Waals surface area contributed by atoms with Crippen molar-refractivity contribution in [3.8, 4) is 17.2 Å². The van der Waals surface area contributed by atoms with Gasteiger partial charge in [0, 0.05) is 22.2 Å². The van der Waals surface area contributed by atoms with Gasteiger partial charge in [-0.3, -0.25) is 4.79 Å². The Morgan fingerprint density at radius 3 is 2.74 bits per heavy atom. The lowest BCUT2D eigenvalue weighted by atomic mass is 10.2. The summed E-state index contributed by atoms with van der Waals surface area (Å²) >= 11 is 7.01. The summed E-state index contributed by atoms with van der Waals surface area (Å²) in [6.45, 7) is 0. The van der Waals surface area contributed by atoms with Gasteiger partial charge in [0.2, 0.25) is 5.91 Å². The van der Waals surface area contributed by atoms with E-state index >= 15 is 0 Å². The number of halogens is 1. The van der Waals surface area contributed by atoms with Gasteiger partial charge in [0.05, 0.1) is 17.8 Å². The Balaban J connectivity index is 1.42. The molecule has 0 radical (unpaired) electrons. The first-order valence-corrected chi connectivity index (χ1v) is 12.1. The molecule has 31 heavy (non-hydrogen) atoms. The first-order valence-electron chi connectivity index (χ1n) is 9.16. The Kier molecular flexibility index (Phi) is 5.99. The highest BCUT2D eigenvalue weighted by Crippen LogP contribution is 2.34. The maximum absolute atomic E-state index is 12.4. The molecule has 2 aromatic heterocycles. The van der Waals surface area contributed by atoms with Gasteiger partial charge in [-0.25, -0.2) is 13.4 Å². The molecular formula is C21H17ClN2O5S2. The van der Waals surface area contributed by atoms with Crippen LogP contribution in [0.3, 0.4) is 0 Å². The van der Waals surface area contributed by atoms with E-state index in [-0.39, 0.29) is 17.1 Å². The van der Waals surface area contributed by atoms with Crippen LogP contribution in [-0.2, 0) is 14.6 Å². The van der Waals surface area contributed by atoms with Crippen LogP contribution in [0.1, 0.15) is 6.42 Å². The fraction of sp³-hybridized carbons (Fsp3) is 0.143. The molecule has 1 N–H and O–H groups in total. The molecule has 0 aliphatic heterocycles. The second kappa shape index (κ2) is 8.70. The average molecular weight is 477 g/mol. The van der Waals surface area contributed by atoms with Crippen molar-refractivity contribution in [2.24, 2.45) is 0 Å². The van der Waals surface area contributed by atoms with Crippen LogP contribution in [0.25, 0.3) is 22.4 Å². The standard InChI is InChI=1S/C21H17ClN2O5S2/c1-28-17-4-2-3-13-11-18(29-20(13)17)16-12-30-21(23-16)24-19(25)9-10-31(26,27)15-7-5-14(22)6-8-15/h2-8,11-12H,9-10H2,1H3,(H,23,24,25). The number of nitrogens with zero attached hydrogens (tertiary/aromatic N) is 1. The number of methoxy groups -OCH3 is 1. The third kappa shape index (κ3) is 4.73. The monoisotopic (exact) mass is 476 g/mol. The first-order chi connectivity index (χ1) is 14.9. The van der Waals surface area contributed by atoms with Gasteiger partial charge in [0.25, 0.3) is 0 Å². The smallest absolute Gasteiger partial charge is 0.227 e. The van der Waals surface area contributed by atoms with Gasteiger partial charge in [-0.15, -0.1) is 11.3 Å². The molecule has 4 aromatic rings. The second-order valence-corrected chi connectivity index (χ2v) is 10.0. The van der Waals surface area contributed by atoms with Crippen molar-refractivity contribution < 1.29 is 22.4 Å². The number of fused-ring (bicyclic) bond motifs is 1. The maximum atomic E-state index is 12.4. The summed E-state index contributed by atoms with van der Waals surface area (Å²) in [6.07, 6.45) is -0.193. The van der Waals surface area contributed by atoms with Gasteiger partial charge in [-0.2, -0.15) is 0 Å². The number of nitrogens with one attached hydrogen (secondary N) is 1. The van der Waals surface area contributed by atoms with E-state index in [1.807, 2.05) is 18.2 Å². The highest BCUT2D eigenvalue weighted by molar-refractivity contribution is 7.91. The van der Waals surface area contributed by atoms with E-state index in [0.717, 1.165) is 5.39 Å². The number of aromatic nitrogens is 1. The number of thiazole rings is 1. The lowest BCUT2D eigenvalue weighted by molar-refractivity contribution is -0.115. The molecule has 0 saturated heterocycles. The normalized spacial score (nSPS) is 11.5. The van der Waals surface area contributed by atoms with Crippen LogP contribution in [0.15, 0.2) is 63.2 Å². The number of sulfone groups is 1. The van der Waals surface area contributed by atoms with E-state index in [9.17, 15) is 13.2 Å². The zero-order chi connectivity index (χ0) is 22.0. The van der Waals surface area contributed by atoms with Crippen molar-refractivity contribution in [3.05, 3.63) is 58.9 Å². The number of benzene rings is 2. The van der Waals surface area contributed by atoms with Crippen molar-refractivity contribution in [1.29, 1.82) is 0 Å². The van der Waals surface area contributed by atoms with E-state index < -0.39 is 15.7 Å². The van der Waals surface area contributed by atoms with Gasteiger partial charge in [-0.05, 0) is 36.4 Å². The summed E-state index contributed by atoms with van der Waals surface area (Å²) in [5, 5.41) is 6.07. The molecule has 10 heteroatoms. The molecule has 0 unspecified atom stereocenters. The molecule has 0 bridgehead atoms. The maximum Gasteiger partial charge on any atom is 0.227 e. The zero-order valence-corrected chi connectivity index (χ0v) is 18.7. The SMILES string of the molecule is COc1cccc2cc(-c3csc(NC(=O)CCS(=O)(=O)c4ccc(Cl)cc4)n3)oc12. The van der Waals surface area contributed by atoms with E-state index in [1.54, 1.807) is 18.6 Å². The summed E-state index contributed by atoms with van der Waals surface area (Å²) in [5.41, 5.74) is 1.18. The molecule has 0 fully saturated rings. The minimum atomic E-state index is -3.59. The summed E-state index contributed by atoms with van der Waals surface area (Å²) in [7, 11) is -2.02. The fourth-order valence-corrected chi connectivity index (χ4v) is 5.02. The van der Waals surface area contributed by atoms with Crippen molar-refractivity contribution in [2.75, 3.05) is 18.2 Å². The summed E-state index contributed by atoms with van der Waals surface area (Å²) in [5.74, 6) is 0.405. The van der Waals surface area contributed by atoms with E-state index in [4.69, 9.17) is 20.8 Å². The molecule has 0 aliphatic carbocycles. The third-order valence-electron chi connectivity index (χ3n) is 4.50. The Labute approximate surface area is 187 Å². The minimum Gasteiger partial charge on any atom is -0.493 e. The molecule has 0 atom stereocenters. The molecule has 2 heterocycles. The largest absolute Gasteiger partial charge is 0.493 e. The molecular weight excluding hydrogens is 460 g/mol. The van der Waals surface area contributed by atoms with Gasteiger partial charge in [-0.1, -0.05) is 23.7 Å². The predicted octanol–water partition coefficient (Wildman–Crippen LogP) is 5.02. The Bertz CT molecular complexity index is 1340. The highest BCUT2D eigenvalue weighted by atomic mass is 35.5. The van der Waals surface area contributed by atoms with Crippen molar-refractivity contribution in [3.63, 3.8) is 0 Å². The van der Waals surface area contributed by atoms with E-state index in [1.165, 1.54) is 35.6 Å². The van der Waals surface area contributed by atoms with E-state index in [0.29, 0.717) is 32.9 Å². The molecule has 4 rings (SSSR count). The summed E-state index contributed by atoms with van der Waals surface area (Å²) in [4.78, 5) is 16.7. The number of rotatable bonds is 7. The van der Waals surface area contributed by atoms with Gasteiger partial charge < -0.3 is 14.5 Å². The average Bonchev–Trinajstić information content (AvgIpc) is 3.39. The fourth-order valence-electron chi connectivity index (χ4n) is 2.94. The summed E-state index contributed by atoms with van der Waals surface area (Å²) in [6, 6.07) is 13.3. The number of anilines is 1. The minimum absolute atomic E-state index is 0.126. The van der Waals surface area contributed by atoms with Crippen LogP contribution >= 0.6 is 22.9 Å². The van der Waals surface area contributed by atoms with Crippen LogP contribution < -0.4 is 10.1 Å². The third-order valence-corrected chi connectivity index (χ3v) is 7.24. The number of furan rings is 1. The number of para-hydroxylation sites is 1. The molecule has 7 nitrogen and oxygen atoms in total. The molecule has 0 spiro atoms.